The summed E-state index contributed by atoms with van der Waals surface area (Å²) in [5.41, 5.74) is 1.01. The molecule has 1 aliphatic rings. The molecule has 0 spiro atoms. The Morgan fingerprint density at radius 1 is 1.53 bits per heavy atom. The Balaban J connectivity index is 2.01. The highest BCUT2D eigenvalue weighted by atomic mass is 32.2. The van der Waals surface area contributed by atoms with Gasteiger partial charge in [-0.3, -0.25) is 0 Å². The van der Waals surface area contributed by atoms with E-state index < -0.39 is 0 Å². The first kappa shape index (κ1) is 12.5. The van der Waals surface area contributed by atoms with Crippen LogP contribution in [-0.4, -0.2) is 17.8 Å². The molecule has 0 heterocycles. The molecule has 0 aromatic heterocycles. The van der Waals surface area contributed by atoms with Gasteiger partial charge in [0.2, 0.25) is 0 Å². The van der Waals surface area contributed by atoms with Gasteiger partial charge in [0, 0.05) is 10.1 Å². The average molecular weight is 246 g/mol. The highest BCUT2D eigenvalue weighted by Gasteiger charge is 2.38. The van der Waals surface area contributed by atoms with Crippen LogP contribution in [0.5, 0.6) is 0 Å². The minimum absolute atomic E-state index is 0.290. The van der Waals surface area contributed by atoms with E-state index in [4.69, 9.17) is 0 Å². The summed E-state index contributed by atoms with van der Waals surface area (Å²) >= 11 is 1.91. The predicted molar refractivity (Wildman–Crippen MR) is 72.1 cm³/mol. The summed E-state index contributed by atoms with van der Waals surface area (Å²) in [5, 5.41) is 13.0. The van der Waals surface area contributed by atoms with E-state index in [0.29, 0.717) is 5.25 Å². The van der Waals surface area contributed by atoms with Crippen molar-refractivity contribution in [3.8, 4) is 6.07 Å². The van der Waals surface area contributed by atoms with Gasteiger partial charge in [-0.2, -0.15) is 5.26 Å². The van der Waals surface area contributed by atoms with E-state index >= 15 is 0 Å². The SMILES string of the molecule is CNC1(C#N)CCC(Sc2cccc(C)c2)C1. The van der Waals surface area contributed by atoms with E-state index in [-0.39, 0.29) is 5.54 Å². The largest absolute Gasteiger partial charge is 0.302 e. The number of hydrogen-bond acceptors (Lipinski definition) is 3. The van der Waals surface area contributed by atoms with Crippen LogP contribution >= 0.6 is 11.8 Å². The monoisotopic (exact) mass is 246 g/mol. The topological polar surface area (TPSA) is 35.8 Å². The molecule has 90 valence electrons. The van der Waals surface area contributed by atoms with Gasteiger partial charge in [-0.25, -0.2) is 0 Å². The molecule has 1 saturated carbocycles. The third-order valence-electron chi connectivity index (χ3n) is 3.45. The molecule has 0 saturated heterocycles. The van der Waals surface area contributed by atoms with Crippen LogP contribution in [0.3, 0.4) is 0 Å². The van der Waals surface area contributed by atoms with Crippen molar-refractivity contribution in [2.75, 3.05) is 7.05 Å². The van der Waals surface area contributed by atoms with E-state index in [0.717, 1.165) is 19.3 Å². The quantitative estimate of drug-likeness (QED) is 0.890. The van der Waals surface area contributed by atoms with Crippen molar-refractivity contribution in [3.05, 3.63) is 29.8 Å². The van der Waals surface area contributed by atoms with Gasteiger partial charge in [-0.1, -0.05) is 17.7 Å². The van der Waals surface area contributed by atoms with Gasteiger partial charge in [0.1, 0.15) is 5.54 Å². The van der Waals surface area contributed by atoms with Crippen molar-refractivity contribution in [1.82, 2.24) is 5.32 Å². The van der Waals surface area contributed by atoms with Crippen molar-refractivity contribution in [2.45, 2.75) is 41.9 Å². The number of nitrogens with one attached hydrogen (secondary N) is 1. The number of thioether (sulfide) groups is 1. The molecule has 1 aromatic carbocycles. The van der Waals surface area contributed by atoms with Crippen LogP contribution in [-0.2, 0) is 0 Å². The Morgan fingerprint density at radius 3 is 2.94 bits per heavy atom. The molecule has 0 aliphatic heterocycles. The molecular weight excluding hydrogens is 228 g/mol. The lowest BCUT2D eigenvalue weighted by Crippen LogP contribution is -2.38. The normalized spacial score (nSPS) is 27.9. The molecule has 0 radical (unpaired) electrons. The Hall–Kier alpha value is -0.980. The molecule has 2 unspecified atom stereocenters. The summed E-state index contributed by atoms with van der Waals surface area (Å²) in [6.45, 7) is 2.12. The molecule has 17 heavy (non-hydrogen) atoms. The van der Waals surface area contributed by atoms with Crippen molar-refractivity contribution in [3.63, 3.8) is 0 Å². The minimum atomic E-state index is -0.290. The van der Waals surface area contributed by atoms with Crippen LogP contribution in [0.25, 0.3) is 0 Å². The number of rotatable bonds is 3. The second-order valence-corrected chi connectivity index (χ2v) is 6.12. The van der Waals surface area contributed by atoms with Crippen molar-refractivity contribution in [2.24, 2.45) is 0 Å². The number of benzene rings is 1. The zero-order chi connectivity index (χ0) is 12.3. The Labute approximate surface area is 107 Å². The van der Waals surface area contributed by atoms with Crippen LogP contribution in [0.1, 0.15) is 24.8 Å². The Kier molecular flexibility index (Phi) is 3.76. The second kappa shape index (κ2) is 5.12. The molecule has 1 fully saturated rings. The van der Waals surface area contributed by atoms with Crippen molar-refractivity contribution >= 4 is 11.8 Å². The van der Waals surface area contributed by atoms with Crippen molar-refractivity contribution < 1.29 is 0 Å². The third kappa shape index (κ3) is 2.83. The van der Waals surface area contributed by atoms with Gasteiger partial charge in [-0.05, 0) is 45.4 Å². The first-order chi connectivity index (χ1) is 8.17. The first-order valence-electron chi connectivity index (χ1n) is 6.01. The van der Waals surface area contributed by atoms with Gasteiger partial charge >= 0.3 is 0 Å². The maximum absolute atomic E-state index is 9.22. The number of aryl methyl sites for hydroxylation is 1. The van der Waals surface area contributed by atoms with Crippen LogP contribution in [0.15, 0.2) is 29.2 Å². The molecule has 3 heteroatoms. The van der Waals surface area contributed by atoms with E-state index in [2.05, 4.69) is 42.6 Å². The van der Waals surface area contributed by atoms with Gasteiger partial charge in [-0.15, -0.1) is 11.8 Å². The number of nitriles is 1. The van der Waals surface area contributed by atoms with E-state index in [1.807, 2.05) is 18.8 Å². The Bertz CT molecular complexity index is 438. The van der Waals surface area contributed by atoms with E-state index in [1.165, 1.54) is 10.5 Å². The summed E-state index contributed by atoms with van der Waals surface area (Å²) in [4.78, 5) is 1.32. The summed E-state index contributed by atoms with van der Waals surface area (Å²) in [7, 11) is 1.89. The molecule has 1 aliphatic carbocycles. The highest BCUT2D eigenvalue weighted by Crippen LogP contribution is 2.39. The molecule has 1 aromatic rings. The first-order valence-corrected chi connectivity index (χ1v) is 6.89. The third-order valence-corrected chi connectivity index (χ3v) is 4.72. The fraction of sp³-hybridized carbons (Fsp3) is 0.500. The van der Waals surface area contributed by atoms with Gasteiger partial charge in [0.05, 0.1) is 6.07 Å². The van der Waals surface area contributed by atoms with Crippen molar-refractivity contribution in [1.29, 1.82) is 5.26 Å². The predicted octanol–water partition coefficient (Wildman–Crippen LogP) is 3.12. The van der Waals surface area contributed by atoms with E-state index in [9.17, 15) is 5.26 Å². The van der Waals surface area contributed by atoms with Crippen LogP contribution in [0.2, 0.25) is 0 Å². The van der Waals surface area contributed by atoms with Crippen LogP contribution in [0.4, 0.5) is 0 Å². The summed E-state index contributed by atoms with van der Waals surface area (Å²) < 4.78 is 0. The molecule has 2 atom stereocenters. The van der Waals surface area contributed by atoms with Crippen LogP contribution < -0.4 is 5.32 Å². The lowest BCUT2D eigenvalue weighted by atomic mass is 10.0. The van der Waals surface area contributed by atoms with Gasteiger partial charge in [0.25, 0.3) is 0 Å². The highest BCUT2D eigenvalue weighted by molar-refractivity contribution is 8.00. The lowest BCUT2D eigenvalue weighted by Gasteiger charge is -2.19. The maximum Gasteiger partial charge on any atom is 0.107 e. The van der Waals surface area contributed by atoms with E-state index in [1.54, 1.807) is 0 Å². The molecule has 1 N–H and O–H groups in total. The molecule has 0 bridgehead atoms. The fourth-order valence-electron chi connectivity index (χ4n) is 2.37. The summed E-state index contributed by atoms with van der Waals surface area (Å²) in [6, 6.07) is 11.0. The summed E-state index contributed by atoms with van der Waals surface area (Å²) in [5.74, 6) is 0. The maximum atomic E-state index is 9.22. The van der Waals surface area contributed by atoms with Gasteiger partial charge < -0.3 is 5.32 Å². The Morgan fingerprint density at radius 2 is 2.35 bits per heavy atom. The molecular formula is C14H18N2S. The van der Waals surface area contributed by atoms with Crippen LogP contribution in [0, 0.1) is 18.3 Å². The lowest BCUT2D eigenvalue weighted by molar-refractivity contribution is 0.464. The number of hydrogen-bond donors (Lipinski definition) is 1. The smallest absolute Gasteiger partial charge is 0.107 e. The number of nitrogens with zero attached hydrogens (tertiary/aromatic N) is 1. The fourth-order valence-corrected chi connectivity index (χ4v) is 3.77. The average Bonchev–Trinajstić information content (AvgIpc) is 2.73. The second-order valence-electron chi connectivity index (χ2n) is 4.74. The minimum Gasteiger partial charge on any atom is -0.302 e. The molecule has 0 amide bonds. The molecule has 2 nitrogen and oxygen atoms in total. The zero-order valence-electron chi connectivity index (χ0n) is 10.4. The zero-order valence-corrected chi connectivity index (χ0v) is 11.2. The standard InChI is InChI=1S/C14H18N2S/c1-11-4-3-5-12(8-11)17-13-6-7-14(9-13,10-15)16-2/h3-5,8,13,16H,6-7,9H2,1-2H3. The van der Waals surface area contributed by atoms with Gasteiger partial charge in [0.15, 0.2) is 0 Å². The molecule has 2 rings (SSSR count). The summed E-state index contributed by atoms with van der Waals surface area (Å²) in [6.07, 6.45) is 3.02.